The Balaban J connectivity index is 1.23. The SMILES string of the molecule is O=C(OCc1ccccc1)N(Cc1cc(F)c(F)cc1F)[C@H]1CC[C@H](OCCCCCCN2CCOCC2)CC1. The Labute approximate surface area is 235 Å². The van der Waals surface area contributed by atoms with Crippen molar-refractivity contribution in [3.8, 4) is 0 Å². The van der Waals surface area contributed by atoms with Crippen molar-refractivity contribution in [2.75, 3.05) is 39.5 Å². The van der Waals surface area contributed by atoms with Gasteiger partial charge in [-0.3, -0.25) is 4.90 Å². The van der Waals surface area contributed by atoms with Gasteiger partial charge in [-0.1, -0.05) is 43.2 Å². The number of hydrogen-bond donors (Lipinski definition) is 0. The summed E-state index contributed by atoms with van der Waals surface area (Å²) in [6, 6.07) is 10.4. The summed E-state index contributed by atoms with van der Waals surface area (Å²) in [6.07, 6.45) is 6.92. The molecule has 2 fully saturated rings. The van der Waals surface area contributed by atoms with Crippen molar-refractivity contribution in [1.82, 2.24) is 9.80 Å². The van der Waals surface area contributed by atoms with E-state index in [4.69, 9.17) is 14.2 Å². The smallest absolute Gasteiger partial charge is 0.410 e. The number of nitrogens with zero attached hydrogens (tertiary/aromatic N) is 2. The van der Waals surface area contributed by atoms with E-state index in [9.17, 15) is 18.0 Å². The lowest BCUT2D eigenvalue weighted by molar-refractivity contribution is 0.00167. The van der Waals surface area contributed by atoms with E-state index in [1.54, 1.807) is 0 Å². The second-order valence-corrected chi connectivity index (χ2v) is 10.7. The van der Waals surface area contributed by atoms with Gasteiger partial charge in [0.05, 0.1) is 25.9 Å². The summed E-state index contributed by atoms with van der Waals surface area (Å²) in [5, 5.41) is 0. The normalized spacial score (nSPS) is 19.9. The van der Waals surface area contributed by atoms with Gasteiger partial charge in [-0.15, -0.1) is 0 Å². The second kappa shape index (κ2) is 16.0. The zero-order chi connectivity index (χ0) is 28.2. The summed E-state index contributed by atoms with van der Waals surface area (Å²) in [4.78, 5) is 17.0. The van der Waals surface area contributed by atoms with Gasteiger partial charge < -0.3 is 19.1 Å². The molecule has 1 aliphatic carbocycles. The van der Waals surface area contributed by atoms with Crippen LogP contribution in [-0.2, 0) is 27.4 Å². The van der Waals surface area contributed by atoms with Crippen molar-refractivity contribution < 1.29 is 32.2 Å². The molecule has 1 saturated heterocycles. The second-order valence-electron chi connectivity index (χ2n) is 10.7. The fourth-order valence-corrected chi connectivity index (χ4v) is 5.40. The van der Waals surface area contributed by atoms with E-state index >= 15 is 0 Å². The standard InChI is InChI=1S/C31H41F3N2O4/c32-28-21-30(34)29(33)20-25(28)22-36(31(37)40-23-24-8-4-3-5-9-24)26-10-12-27(13-11-26)39-17-7-2-1-6-14-35-15-18-38-19-16-35/h3-5,8-9,20-21,26-27H,1-2,6-7,10-19,22-23H2/t26-,27-. The first kappa shape index (κ1) is 30.3. The first-order valence-corrected chi connectivity index (χ1v) is 14.5. The summed E-state index contributed by atoms with van der Waals surface area (Å²) in [6.45, 7) is 5.46. The van der Waals surface area contributed by atoms with Crippen LogP contribution in [0.1, 0.15) is 62.5 Å². The predicted molar refractivity (Wildman–Crippen MR) is 146 cm³/mol. The molecule has 1 aliphatic heterocycles. The molecule has 0 aromatic heterocycles. The molecule has 0 spiro atoms. The van der Waals surface area contributed by atoms with Crippen molar-refractivity contribution in [1.29, 1.82) is 0 Å². The minimum Gasteiger partial charge on any atom is -0.445 e. The first-order valence-electron chi connectivity index (χ1n) is 14.5. The van der Waals surface area contributed by atoms with Crippen LogP contribution < -0.4 is 0 Å². The molecular weight excluding hydrogens is 521 g/mol. The highest BCUT2D eigenvalue weighted by Crippen LogP contribution is 2.28. The molecule has 220 valence electrons. The van der Waals surface area contributed by atoms with Crippen molar-refractivity contribution in [2.24, 2.45) is 0 Å². The molecule has 0 bridgehead atoms. The van der Waals surface area contributed by atoms with E-state index in [-0.39, 0.29) is 30.9 Å². The number of morpholine rings is 1. The molecule has 0 radical (unpaired) electrons. The largest absolute Gasteiger partial charge is 0.445 e. The maximum Gasteiger partial charge on any atom is 0.410 e. The highest BCUT2D eigenvalue weighted by molar-refractivity contribution is 5.68. The fraction of sp³-hybridized carbons (Fsp3) is 0.581. The quantitative estimate of drug-likeness (QED) is 0.207. The van der Waals surface area contributed by atoms with Gasteiger partial charge in [0.25, 0.3) is 0 Å². The highest BCUT2D eigenvalue weighted by Gasteiger charge is 2.31. The van der Waals surface area contributed by atoms with Crippen LogP contribution in [0.25, 0.3) is 0 Å². The number of carbonyl (C=O) groups excluding carboxylic acids is 1. The van der Waals surface area contributed by atoms with Gasteiger partial charge in [-0.05, 0) is 56.7 Å². The summed E-state index contributed by atoms with van der Waals surface area (Å²) in [5.41, 5.74) is 0.746. The fourth-order valence-electron chi connectivity index (χ4n) is 5.40. The third-order valence-electron chi connectivity index (χ3n) is 7.78. The average molecular weight is 563 g/mol. The van der Waals surface area contributed by atoms with Gasteiger partial charge in [-0.2, -0.15) is 0 Å². The molecule has 9 heteroatoms. The molecule has 4 rings (SSSR count). The van der Waals surface area contributed by atoms with Crippen molar-refractivity contribution in [3.63, 3.8) is 0 Å². The van der Waals surface area contributed by atoms with Gasteiger partial charge in [0.1, 0.15) is 12.4 Å². The van der Waals surface area contributed by atoms with Crippen LogP contribution in [0.5, 0.6) is 0 Å². The number of ether oxygens (including phenoxy) is 3. The van der Waals surface area contributed by atoms with Gasteiger partial charge in [0.15, 0.2) is 11.6 Å². The van der Waals surface area contributed by atoms with E-state index in [2.05, 4.69) is 4.90 Å². The lowest BCUT2D eigenvalue weighted by Gasteiger charge is -2.36. The van der Waals surface area contributed by atoms with E-state index in [1.165, 1.54) is 17.7 Å². The lowest BCUT2D eigenvalue weighted by Crippen LogP contribution is -2.43. The lowest BCUT2D eigenvalue weighted by atomic mass is 9.91. The van der Waals surface area contributed by atoms with Crippen LogP contribution in [0.4, 0.5) is 18.0 Å². The summed E-state index contributed by atoms with van der Waals surface area (Å²) in [5.74, 6) is -3.29. The summed E-state index contributed by atoms with van der Waals surface area (Å²) < 4.78 is 58.9. The van der Waals surface area contributed by atoms with Gasteiger partial charge in [-0.25, -0.2) is 18.0 Å². The van der Waals surface area contributed by atoms with E-state index in [0.717, 1.165) is 76.8 Å². The van der Waals surface area contributed by atoms with E-state index < -0.39 is 23.5 Å². The minimum atomic E-state index is -1.26. The van der Waals surface area contributed by atoms with Crippen molar-refractivity contribution in [3.05, 3.63) is 71.0 Å². The molecule has 0 N–H and O–H groups in total. The van der Waals surface area contributed by atoms with Crippen LogP contribution in [0.3, 0.4) is 0 Å². The van der Waals surface area contributed by atoms with Gasteiger partial charge >= 0.3 is 6.09 Å². The molecule has 40 heavy (non-hydrogen) atoms. The summed E-state index contributed by atoms with van der Waals surface area (Å²) >= 11 is 0. The van der Waals surface area contributed by atoms with Gasteiger partial charge in [0, 0.05) is 37.4 Å². The number of unbranched alkanes of at least 4 members (excludes halogenated alkanes) is 3. The van der Waals surface area contributed by atoms with Crippen molar-refractivity contribution in [2.45, 2.75) is 76.7 Å². The molecule has 1 saturated carbocycles. The Morgan fingerprint density at radius 3 is 2.35 bits per heavy atom. The maximum atomic E-state index is 14.5. The molecule has 2 aromatic carbocycles. The topological polar surface area (TPSA) is 51.2 Å². The zero-order valence-electron chi connectivity index (χ0n) is 23.2. The van der Waals surface area contributed by atoms with Crippen LogP contribution >= 0.6 is 0 Å². The zero-order valence-corrected chi connectivity index (χ0v) is 23.2. The molecular formula is C31H41F3N2O4. The Morgan fingerprint density at radius 2 is 1.60 bits per heavy atom. The molecule has 1 amide bonds. The predicted octanol–water partition coefficient (Wildman–Crippen LogP) is 6.46. The third-order valence-corrected chi connectivity index (χ3v) is 7.78. The molecule has 1 heterocycles. The Hall–Kier alpha value is -2.62. The van der Waals surface area contributed by atoms with Crippen LogP contribution in [0.15, 0.2) is 42.5 Å². The third kappa shape index (κ3) is 9.49. The Bertz CT molecular complexity index is 1040. The minimum absolute atomic E-state index is 0.0708. The first-order chi connectivity index (χ1) is 19.5. The van der Waals surface area contributed by atoms with Crippen LogP contribution in [0.2, 0.25) is 0 Å². The molecule has 2 aromatic rings. The Morgan fingerprint density at radius 1 is 0.900 bits per heavy atom. The van der Waals surface area contributed by atoms with E-state index in [1.807, 2.05) is 30.3 Å². The number of carbonyl (C=O) groups is 1. The number of halogens is 3. The molecule has 2 aliphatic rings. The average Bonchev–Trinajstić information content (AvgIpc) is 2.98. The number of rotatable bonds is 13. The monoisotopic (exact) mass is 562 g/mol. The van der Waals surface area contributed by atoms with E-state index in [0.29, 0.717) is 18.9 Å². The van der Waals surface area contributed by atoms with Crippen LogP contribution in [0, 0.1) is 17.5 Å². The molecule has 6 nitrogen and oxygen atoms in total. The molecule has 0 atom stereocenters. The number of hydrogen-bond acceptors (Lipinski definition) is 5. The highest BCUT2D eigenvalue weighted by atomic mass is 19.2. The Kier molecular flexibility index (Phi) is 12.1. The van der Waals surface area contributed by atoms with Crippen LogP contribution in [-0.4, -0.2) is 67.5 Å². The van der Waals surface area contributed by atoms with Gasteiger partial charge in [0.2, 0.25) is 0 Å². The maximum absolute atomic E-state index is 14.5. The number of amides is 1. The summed E-state index contributed by atoms with van der Waals surface area (Å²) in [7, 11) is 0. The number of benzene rings is 2. The molecule has 0 unspecified atom stereocenters. The van der Waals surface area contributed by atoms with Crippen molar-refractivity contribution >= 4 is 6.09 Å².